The largest absolute Gasteiger partial charge is 0.496 e. The Kier molecular flexibility index (Phi) is 4.81. The molecule has 1 unspecified atom stereocenters. The van der Waals surface area contributed by atoms with Crippen molar-refractivity contribution in [3.63, 3.8) is 0 Å². The summed E-state index contributed by atoms with van der Waals surface area (Å²) in [6, 6.07) is 9.79. The minimum atomic E-state index is -0.435. The number of ether oxygens (including phenoxy) is 1. The summed E-state index contributed by atoms with van der Waals surface area (Å²) in [7, 11) is 1.55. The van der Waals surface area contributed by atoms with Crippen LogP contribution in [0, 0.1) is 9.39 Å². The van der Waals surface area contributed by atoms with Gasteiger partial charge in [-0.25, -0.2) is 4.39 Å². The van der Waals surface area contributed by atoms with Crippen molar-refractivity contribution in [3.05, 3.63) is 61.4 Å². The van der Waals surface area contributed by atoms with Gasteiger partial charge in [-0.15, -0.1) is 0 Å². The Bertz CT molecular complexity index is 606. The van der Waals surface area contributed by atoms with Crippen LogP contribution in [0.15, 0.2) is 40.9 Å². The Labute approximate surface area is 133 Å². The van der Waals surface area contributed by atoms with Crippen LogP contribution in [0.3, 0.4) is 0 Å². The fourth-order valence-electron chi connectivity index (χ4n) is 1.87. The van der Waals surface area contributed by atoms with Crippen LogP contribution in [0.25, 0.3) is 0 Å². The van der Waals surface area contributed by atoms with Crippen molar-refractivity contribution in [2.75, 3.05) is 7.11 Å². The monoisotopic (exact) mass is 435 g/mol. The molecule has 0 bridgehead atoms. The topological polar surface area (TPSA) is 35.2 Å². The van der Waals surface area contributed by atoms with E-state index in [1.54, 1.807) is 13.2 Å². The Morgan fingerprint density at radius 2 is 1.95 bits per heavy atom. The molecule has 0 aliphatic rings. The van der Waals surface area contributed by atoms with Gasteiger partial charge in [-0.1, -0.05) is 15.9 Å². The number of hydrogen-bond acceptors (Lipinski definition) is 2. The SMILES string of the molecule is COc1ccc(F)cc1C(N)c1cc(Br)ccc1I. The molecule has 1 atom stereocenters. The molecule has 100 valence electrons. The first-order valence-corrected chi connectivity index (χ1v) is 7.44. The van der Waals surface area contributed by atoms with Crippen LogP contribution in [-0.4, -0.2) is 7.11 Å². The lowest BCUT2D eigenvalue weighted by atomic mass is 9.98. The zero-order valence-corrected chi connectivity index (χ0v) is 13.9. The highest BCUT2D eigenvalue weighted by atomic mass is 127. The van der Waals surface area contributed by atoms with Gasteiger partial charge in [0.25, 0.3) is 0 Å². The molecule has 19 heavy (non-hydrogen) atoms. The molecule has 0 aliphatic carbocycles. The predicted molar refractivity (Wildman–Crippen MR) is 85.8 cm³/mol. The maximum Gasteiger partial charge on any atom is 0.124 e. The quantitative estimate of drug-likeness (QED) is 0.731. The Hall–Kier alpha value is -0.660. The van der Waals surface area contributed by atoms with Crippen molar-refractivity contribution in [3.8, 4) is 5.75 Å². The van der Waals surface area contributed by atoms with E-state index >= 15 is 0 Å². The van der Waals surface area contributed by atoms with E-state index in [9.17, 15) is 4.39 Å². The molecule has 2 aromatic carbocycles. The molecule has 0 radical (unpaired) electrons. The van der Waals surface area contributed by atoms with E-state index < -0.39 is 6.04 Å². The minimum Gasteiger partial charge on any atom is -0.496 e. The lowest BCUT2D eigenvalue weighted by Gasteiger charge is -2.18. The van der Waals surface area contributed by atoms with E-state index in [0.717, 1.165) is 13.6 Å². The van der Waals surface area contributed by atoms with Crippen LogP contribution in [0.2, 0.25) is 0 Å². The van der Waals surface area contributed by atoms with Crippen LogP contribution in [0.1, 0.15) is 17.2 Å². The van der Waals surface area contributed by atoms with Gasteiger partial charge in [0, 0.05) is 13.6 Å². The highest BCUT2D eigenvalue weighted by molar-refractivity contribution is 14.1. The van der Waals surface area contributed by atoms with Crippen molar-refractivity contribution in [1.29, 1.82) is 0 Å². The standard InChI is InChI=1S/C14H12BrFINO/c1-19-13-5-3-9(16)7-11(13)14(18)10-6-8(15)2-4-12(10)17/h2-7,14H,18H2,1H3. The number of halogens is 3. The normalized spacial score (nSPS) is 12.3. The van der Waals surface area contributed by atoms with Gasteiger partial charge in [0.1, 0.15) is 11.6 Å². The van der Waals surface area contributed by atoms with E-state index in [4.69, 9.17) is 10.5 Å². The number of nitrogens with two attached hydrogens (primary N) is 1. The molecular formula is C14H12BrFINO. The van der Waals surface area contributed by atoms with Gasteiger partial charge < -0.3 is 10.5 Å². The lowest BCUT2D eigenvalue weighted by Crippen LogP contribution is -2.14. The first-order chi connectivity index (χ1) is 9.02. The second-order valence-corrected chi connectivity index (χ2v) is 6.11. The Balaban J connectivity index is 2.51. The Morgan fingerprint density at radius 3 is 2.63 bits per heavy atom. The summed E-state index contributed by atoms with van der Waals surface area (Å²) >= 11 is 5.64. The van der Waals surface area contributed by atoms with Crippen molar-refractivity contribution in [1.82, 2.24) is 0 Å². The maximum absolute atomic E-state index is 13.4. The lowest BCUT2D eigenvalue weighted by molar-refractivity contribution is 0.406. The highest BCUT2D eigenvalue weighted by Crippen LogP contribution is 2.32. The van der Waals surface area contributed by atoms with Crippen molar-refractivity contribution in [2.45, 2.75) is 6.04 Å². The third kappa shape index (κ3) is 3.27. The molecule has 0 amide bonds. The third-order valence-corrected chi connectivity index (χ3v) is 4.30. The van der Waals surface area contributed by atoms with Crippen molar-refractivity contribution in [2.24, 2.45) is 5.73 Å². The first-order valence-electron chi connectivity index (χ1n) is 5.57. The number of rotatable bonds is 3. The predicted octanol–water partition coefficient (Wildman–Crippen LogP) is 4.25. The average molecular weight is 436 g/mol. The average Bonchev–Trinajstić information content (AvgIpc) is 2.40. The van der Waals surface area contributed by atoms with E-state index in [0.29, 0.717) is 11.3 Å². The molecule has 2 rings (SSSR count). The zero-order valence-electron chi connectivity index (χ0n) is 10.2. The third-order valence-electron chi connectivity index (χ3n) is 2.82. The van der Waals surface area contributed by atoms with Crippen LogP contribution in [-0.2, 0) is 0 Å². The second-order valence-electron chi connectivity index (χ2n) is 4.03. The van der Waals surface area contributed by atoms with Crippen LogP contribution in [0.4, 0.5) is 4.39 Å². The summed E-state index contributed by atoms with van der Waals surface area (Å²) in [5, 5.41) is 0. The van der Waals surface area contributed by atoms with Gasteiger partial charge >= 0.3 is 0 Å². The van der Waals surface area contributed by atoms with Gasteiger partial charge in [0.15, 0.2) is 0 Å². The molecule has 2 nitrogen and oxygen atoms in total. The number of benzene rings is 2. The van der Waals surface area contributed by atoms with Crippen LogP contribution >= 0.6 is 38.5 Å². The minimum absolute atomic E-state index is 0.323. The summed E-state index contributed by atoms with van der Waals surface area (Å²) in [5.74, 6) is 0.265. The molecule has 0 spiro atoms. The van der Waals surface area contributed by atoms with Crippen LogP contribution in [0.5, 0.6) is 5.75 Å². The van der Waals surface area contributed by atoms with Crippen LogP contribution < -0.4 is 10.5 Å². The zero-order chi connectivity index (χ0) is 14.0. The van der Waals surface area contributed by atoms with Crippen molar-refractivity contribution >= 4 is 38.5 Å². The van der Waals surface area contributed by atoms with E-state index in [2.05, 4.69) is 38.5 Å². The fourth-order valence-corrected chi connectivity index (χ4v) is 2.92. The highest BCUT2D eigenvalue weighted by Gasteiger charge is 2.17. The first kappa shape index (κ1) is 14.7. The molecule has 2 N–H and O–H groups in total. The molecule has 0 heterocycles. The van der Waals surface area contributed by atoms with E-state index in [1.165, 1.54) is 12.1 Å². The van der Waals surface area contributed by atoms with Crippen molar-refractivity contribution < 1.29 is 9.13 Å². The summed E-state index contributed by atoms with van der Waals surface area (Å²) < 4.78 is 20.6. The molecule has 0 saturated carbocycles. The van der Waals surface area contributed by atoms with E-state index in [-0.39, 0.29) is 5.82 Å². The number of hydrogen-bond donors (Lipinski definition) is 1. The maximum atomic E-state index is 13.4. The smallest absolute Gasteiger partial charge is 0.124 e. The van der Waals surface area contributed by atoms with Gasteiger partial charge in [-0.05, 0) is 64.6 Å². The Morgan fingerprint density at radius 1 is 1.21 bits per heavy atom. The summed E-state index contributed by atoms with van der Waals surface area (Å²) in [6.45, 7) is 0. The second kappa shape index (κ2) is 6.19. The number of methoxy groups -OCH3 is 1. The van der Waals surface area contributed by atoms with Gasteiger partial charge in [-0.3, -0.25) is 0 Å². The molecule has 0 saturated heterocycles. The summed E-state index contributed by atoms with van der Waals surface area (Å²) in [6.07, 6.45) is 0. The summed E-state index contributed by atoms with van der Waals surface area (Å²) in [4.78, 5) is 0. The summed E-state index contributed by atoms with van der Waals surface area (Å²) in [5.41, 5.74) is 7.83. The molecule has 0 aromatic heterocycles. The molecular weight excluding hydrogens is 424 g/mol. The van der Waals surface area contributed by atoms with E-state index in [1.807, 2.05) is 18.2 Å². The van der Waals surface area contributed by atoms with Gasteiger partial charge in [0.2, 0.25) is 0 Å². The molecule has 5 heteroatoms. The van der Waals surface area contributed by atoms with Gasteiger partial charge in [-0.2, -0.15) is 0 Å². The fraction of sp³-hybridized carbons (Fsp3) is 0.143. The van der Waals surface area contributed by atoms with Gasteiger partial charge in [0.05, 0.1) is 13.2 Å². The molecule has 0 aliphatic heterocycles. The molecule has 2 aromatic rings. The molecule has 0 fully saturated rings.